The van der Waals surface area contributed by atoms with Gasteiger partial charge in [-0.2, -0.15) is 46.5 Å². The van der Waals surface area contributed by atoms with Crippen molar-refractivity contribution in [1.82, 2.24) is 0 Å². The molecular formula is C32H40F2O2SiZr-4. The maximum Gasteiger partial charge on any atom is -0.0512 e. The third-order valence-corrected chi connectivity index (χ3v) is 5.95. The summed E-state index contributed by atoms with van der Waals surface area (Å²) < 4.78 is 24.0. The first kappa shape index (κ1) is 35.7. The number of phenols is 2. The molecule has 0 amide bonds. The average Bonchev–Trinajstić information content (AvgIpc) is 3.60. The van der Waals surface area contributed by atoms with Crippen LogP contribution in [-0.4, -0.2) is 17.1 Å². The van der Waals surface area contributed by atoms with Gasteiger partial charge in [-0.25, -0.2) is 20.9 Å². The van der Waals surface area contributed by atoms with Crippen molar-refractivity contribution in [1.29, 1.82) is 0 Å². The minimum atomic E-state index is -0.331. The molecule has 6 heteroatoms. The van der Waals surface area contributed by atoms with E-state index in [-0.39, 0.29) is 38.0 Å². The molecule has 4 aromatic rings. The summed E-state index contributed by atoms with van der Waals surface area (Å²) in [7, 11) is 0. The van der Waals surface area contributed by atoms with Crippen molar-refractivity contribution in [3.05, 3.63) is 134 Å². The minimum Gasteiger partial charge on any atom is -0.210 e. The van der Waals surface area contributed by atoms with Crippen molar-refractivity contribution < 1.29 is 42.3 Å². The molecule has 0 fully saturated rings. The van der Waals surface area contributed by atoms with Gasteiger partial charge in [-0.3, -0.25) is 0 Å². The van der Waals surface area contributed by atoms with E-state index < -0.39 is 0 Å². The van der Waals surface area contributed by atoms with Crippen molar-refractivity contribution in [3.8, 4) is 11.5 Å². The maximum absolute atomic E-state index is 12.0. The number of benzene rings is 2. The minimum absolute atomic E-state index is 0. The third-order valence-electron chi connectivity index (χ3n) is 5.95. The fourth-order valence-corrected chi connectivity index (χ4v) is 4.11. The quantitative estimate of drug-likeness (QED) is 0.158. The molecule has 0 spiro atoms. The van der Waals surface area contributed by atoms with Crippen LogP contribution >= 0.6 is 0 Å². The predicted molar refractivity (Wildman–Crippen MR) is 155 cm³/mol. The Morgan fingerprint density at radius 1 is 0.553 bits per heavy atom. The van der Waals surface area contributed by atoms with Crippen LogP contribution in [0, 0.1) is 26.5 Å². The summed E-state index contributed by atoms with van der Waals surface area (Å²) in [4.78, 5) is 0. The fraction of sp³-hybridized carbons (Fsp3) is 0.250. The first-order valence-corrected chi connectivity index (χ1v) is 18.1. The molecule has 2 aliphatic carbocycles. The Morgan fingerprint density at radius 2 is 0.868 bits per heavy atom. The number of phenolic OH excluding ortho intramolecular Hbond substituents is 2. The molecule has 38 heavy (non-hydrogen) atoms. The second-order valence-electron chi connectivity index (χ2n) is 8.52. The number of hydrogen-bond acceptors (Lipinski definition) is 2. The van der Waals surface area contributed by atoms with E-state index in [1.54, 1.807) is 45.6 Å². The van der Waals surface area contributed by atoms with Gasteiger partial charge in [0.15, 0.2) is 0 Å². The number of hydrogen-bond donors (Lipinski definition) is 2. The number of aryl methyl sites for hydroxylation is 4. The molecule has 0 atom stereocenters. The predicted octanol–water partition coefficient (Wildman–Crippen LogP) is 7.61. The van der Waals surface area contributed by atoms with Crippen molar-refractivity contribution >= 4 is 6.88 Å². The molecule has 2 aliphatic rings. The molecule has 6 rings (SSSR count). The van der Waals surface area contributed by atoms with Crippen LogP contribution in [0.25, 0.3) is 0 Å². The molecule has 0 heterocycles. The topological polar surface area (TPSA) is 40.5 Å². The van der Waals surface area contributed by atoms with Gasteiger partial charge in [0.25, 0.3) is 0 Å². The number of rotatable bonds is 0. The average molecular weight is 614 g/mol. The molecule has 206 valence electrons. The molecule has 0 radical (unpaired) electrons. The van der Waals surface area contributed by atoms with E-state index in [4.69, 9.17) is 10.2 Å². The molecule has 0 aliphatic heterocycles. The number of fused-ring (bicyclic) bond motifs is 2. The summed E-state index contributed by atoms with van der Waals surface area (Å²) in [5.74, 6) is -0.483. The van der Waals surface area contributed by atoms with Crippen LogP contribution in [0.1, 0.15) is 47.9 Å². The van der Waals surface area contributed by atoms with Crippen LogP contribution in [0.15, 0.2) is 84.9 Å². The Kier molecular flexibility index (Phi) is 19.4. The standard InChI is InChI=1S/2C9H11.2C6H5FO.2CH3.H2Si.Zr/c2*1-2-5-9-7-3-6-8(9)4-1;2*7-5-1-3-6(8)4-2-5;;;;/h2*3,6-7H,1-2,4-5H2;2*1-4,8H;2*1H3;1H2;/q2*-1;;;2*-1;;. The van der Waals surface area contributed by atoms with E-state index in [0.29, 0.717) is 0 Å². The van der Waals surface area contributed by atoms with Gasteiger partial charge in [-0.15, -0.1) is 0 Å². The number of aromatic hydroxyl groups is 2. The van der Waals surface area contributed by atoms with Gasteiger partial charge in [-0.05, 0) is 48.5 Å². The monoisotopic (exact) mass is 612 g/mol. The van der Waals surface area contributed by atoms with Gasteiger partial charge >= 0.3 is 30.2 Å². The first-order chi connectivity index (χ1) is 17.5. The Morgan fingerprint density at radius 3 is 1.16 bits per heavy atom. The molecule has 0 unspecified atom stereocenters. The van der Waals surface area contributed by atoms with E-state index in [0.717, 1.165) is 0 Å². The van der Waals surface area contributed by atoms with Crippen LogP contribution in [0.3, 0.4) is 0 Å². The van der Waals surface area contributed by atoms with Gasteiger partial charge in [-0.1, -0.05) is 51.4 Å². The molecule has 2 N–H and O–H groups in total. The number of halogens is 2. The van der Waals surface area contributed by atoms with Crippen molar-refractivity contribution in [3.63, 3.8) is 0 Å². The summed E-state index contributed by atoms with van der Waals surface area (Å²) in [6, 6.07) is 23.4. The Hall–Kier alpha value is -2.30. The molecule has 0 saturated carbocycles. The summed E-state index contributed by atoms with van der Waals surface area (Å²) in [6.45, 7) is 1.95. The Bertz CT molecular complexity index is 948. The first-order valence-electron chi connectivity index (χ1n) is 12.2. The van der Waals surface area contributed by atoms with E-state index >= 15 is 0 Å². The molecule has 0 aromatic heterocycles. The van der Waals surface area contributed by atoms with E-state index in [9.17, 15) is 8.78 Å². The van der Waals surface area contributed by atoms with Crippen molar-refractivity contribution in [2.45, 2.75) is 51.4 Å². The van der Waals surface area contributed by atoms with E-state index in [2.05, 4.69) is 36.4 Å². The normalized spacial score (nSPS) is 12.1. The van der Waals surface area contributed by atoms with E-state index in [1.165, 1.54) is 99.9 Å². The van der Waals surface area contributed by atoms with Crippen molar-refractivity contribution in [2.24, 2.45) is 0 Å². The molecule has 0 saturated heterocycles. The SMILES string of the molecule is Oc1ccc(F)cc1.Oc1ccc(F)cc1.[CH3-].[CH3-].[SiH2]=[Zr].c1cc2c([cH-]1)CCCC2.c1cc2c([cH-]1)CCCC2. The maximum atomic E-state index is 12.0. The second-order valence-corrected chi connectivity index (χ2v) is 8.52. The summed E-state index contributed by atoms with van der Waals surface area (Å²) in [5.41, 5.74) is 6.39. The summed E-state index contributed by atoms with van der Waals surface area (Å²) in [5, 5.41) is 17.2. The van der Waals surface area contributed by atoms with Crippen LogP contribution in [0.5, 0.6) is 11.5 Å². The van der Waals surface area contributed by atoms with Gasteiger partial charge in [0, 0.05) is 0 Å². The van der Waals surface area contributed by atoms with Crippen LogP contribution in [0.4, 0.5) is 8.78 Å². The largest absolute Gasteiger partial charge is 0.210 e. The zero-order valence-electron chi connectivity index (χ0n) is 22.6. The fourth-order valence-electron chi connectivity index (χ4n) is 4.11. The van der Waals surface area contributed by atoms with Crippen LogP contribution in [-0.2, 0) is 49.0 Å². The molecule has 2 nitrogen and oxygen atoms in total. The smallest absolute Gasteiger partial charge is 0.0512 e. The molecular weight excluding hydrogens is 574 g/mol. The zero-order chi connectivity index (χ0) is 26.2. The van der Waals surface area contributed by atoms with Gasteiger partial charge in [0.2, 0.25) is 0 Å². The third kappa shape index (κ3) is 13.5. The zero-order valence-corrected chi connectivity index (χ0v) is 26.5. The van der Waals surface area contributed by atoms with Gasteiger partial charge in [0.1, 0.15) is 23.1 Å². The van der Waals surface area contributed by atoms with Gasteiger partial charge in [0.05, 0.1) is 0 Å². The van der Waals surface area contributed by atoms with Gasteiger partial charge < -0.3 is 25.1 Å². The summed E-state index contributed by atoms with van der Waals surface area (Å²) >= 11 is 1.58. The Balaban J connectivity index is 0.000000463. The Labute approximate surface area is 244 Å². The van der Waals surface area contributed by atoms with Crippen molar-refractivity contribution in [2.75, 3.05) is 0 Å². The molecule has 0 bridgehead atoms. The molecule has 4 aromatic carbocycles. The van der Waals surface area contributed by atoms with Crippen LogP contribution in [0.2, 0.25) is 0 Å². The second kappa shape index (κ2) is 20.6. The van der Waals surface area contributed by atoms with Crippen LogP contribution < -0.4 is 0 Å². The summed E-state index contributed by atoms with van der Waals surface area (Å²) in [6.07, 6.45) is 10.9. The van der Waals surface area contributed by atoms with E-state index in [1.807, 2.05) is 6.88 Å².